The Morgan fingerprint density at radius 2 is 2.05 bits per heavy atom. The summed E-state index contributed by atoms with van der Waals surface area (Å²) in [5.74, 6) is 0.304. The highest BCUT2D eigenvalue weighted by Crippen LogP contribution is 2.28. The molecule has 0 unspecified atom stereocenters. The smallest absolute Gasteiger partial charge is 0.257 e. The van der Waals surface area contributed by atoms with E-state index in [9.17, 15) is 4.79 Å². The number of ether oxygens (including phenoxy) is 1. The Balaban J connectivity index is 2.30. The fourth-order valence-corrected chi connectivity index (χ4v) is 2.18. The molecule has 4 nitrogen and oxygen atoms in total. The van der Waals surface area contributed by atoms with Crippen LogP contribution in [0.3, 0.4) is 0 Å². The van der Waals surface area contributed by atoms with Gasteiger partial charge in [0.2, 0.25) is 0 Å². The van der Waals surface area contributed by atoms with Gasteiger partial charge in [0.05, 0.1) is 23.4 Å². The first-order valence-electron chi connectivity index (χ1n) is 5.71. The summed E-state index contributed by atoms with van der Waals surface area (Å²) in [5, 5.41) is 3.11. The number of hydrogen-bond donors (Lipinski definition) is 2. The average molecular weight is 356 g/mol. The molecule has 0 aliphatic carbocycles. The van der Waals surface area contributed by atoms with Crippen molar-refractivity contribution in [2.75, 3.05) is 18.2 Å². The zero-order valence-electron chi connectivity index (χ0n) is 10.6. The molecule has 2 rings (SSSR count). The van der Waals surface area contributed by atoms with Crippen LogP contribution in [0.5, 0.6) is 5.75 Å². The van der Waals surface area contributed by atoms with Crippen LogP contribution in [0.4, 0.5) is 11.4 Å². The number of carbonyl (C=O) groups excluding carboxylic acids is 1. The normalized spacial score (nSPS) is 10.2. The topological polar surface area (TPSA) is 64.3 Å². The number of anilines is 2. The van der Waals surface area contributed by atoms with Gasteiger partial charge in [-0.3, -0.25) is 4.79 Å². The van der Waals surface area contributed by atoms with Crippen molar-refractivity contribution in [1.29, 1.82) is 0 Å². The number of carbonyl (C=O) groups is 1. The summed E-state index contributed by atoms with van der Waals surface area (Å²) in [6, 6.07) is 10.0. The molecule has 104 valence electrons. The Kier molecular flexibility index (Phi) is 4.52. The summed E-state index contributed by atoms with van der Waals surface area (Å²) in [7, 11) is 1.56. The van der Waals surface area contributed by atoms with Crippen LogP contribution < -0.4 is 15.8 Å². The molecular weight excluding hydrogens is 344 g/mol. The first-order chi connectivity index (χ1) is 9.51. The molecule has 1 amide bonds. The van der Waals surface area contributed by atoms with Crippen molar-refractivity contribution >= 4 is 44.8 Å². The number of rotatable bonds is 3. The zero-order valence-corrected chi connectivity index (χ0v) is 13.0. The van der Waals surface area contributed by atoms with Crippen LogP contribution in [0.1, 0.15) is 10.4 Å². The molecule has 0 aliphatic rings. The van der Waals surface area contributed by atoms with Crippen LogP contribution in [0, 0.1) is 0 Å². The highest BCUT2D eigenvalue weighted by Gasteiger charge is 2.13. The van der Waals surface area contributed by atoms with Crippen LogP contribution in [-0.4, -0.2) is 13.0 Å². The molecule has 3 N–H and O–H groups in total. The van der Waals surface area contributed by atoms with Gasteiger partial charge in [0.25, 0.3) is 5.91 Å². The standard InChI is InChI=1S/C14H12BrClN2O2/c1-20-9-3-4-11(15)13(7-9)18-14(19)10-6-8(17)2-5-12(10)16/h2-7H,17H2,1H3,(H,18,19). The van der Waals surface area contributed by atoms with Crippen molar-refractivity contribution in [3.8, 4) is 5.75 Å². The molecule has 0 heterocycles. The average Bonchev–Trinajstić information content (AvgIpc) is 2.43. The van der Waals surface area contributed by atoms with Crippen LogP contribution in [0.2, 0.25) is 5.02 Å². The lowest BCUT2D eigenvalue weighted by Gasteiger charge is -2.10. The highest BCUT2D eigenvalue weighted by molar-refractivity contribution is 9.10. The maximum Gasteiger partial charge on any atom is 0.257 e. The molecule has 0 aliphatic heterocycles. The van der Waals surface area contributed by atoms with E-state index in [0.29, 0.717) is 27.7 Å². The van der Waals surface area contributed by atoms with E-state index in [0.717, 1.165) is 4.47 Å². The minimum atomic E-state index is -0.337. The molecule has 6 heteroatoms. The van der Waals surface area contributed by atoms with Crippen LogP contribution >= 0.6 is 27.5 Å². The first kappa shape index (κ1) is 14.7. The number of halogens is 2. The van der Waals surface area contributed by atoms with Gasteiger partial charge in [-0.25, -0.2) is 0 Å². The molecule has 0 spiro atoms. The lowest BCUT2D eigenvalue weighted by atomic mass is 10.2. The van der Waals surface area contributed by atoms with Gasteiger partial charge in [-0.2, -0.15) is 0 Å². The summed E-state index contributed by atoms with van der Waals surface area (Å²) in [6.45, 7) is 0. The maximum absolute atomic E-state index is 12.2. The molecule has 20 heavy (non-hydrogen) atoms. The predicted molar refractivity (Wildman–Crippen MR) is 84.5 cm³/mol. The third-order valence-electron chi connectivity index (χ3n) is 2.66. The van der Waals surface area contributed by atoms with Crippen molar-refractivity contribution < 1.29 is 9.53 Å². The molecular formula is C14H12BrClN2O2. The summed E-state index contributed by atoms with van der Waals surface area (Å²) in [6.07, 6.45) is 0. The largest absolute Gasteiger partial charge is 0.497 e. The van der Waals surface area contributed by atoms with E-state index < -0.39 is 0 Å². The highest BCUT2D eigenvalue weighted by atomic mass is 79.9. The molecule has 0 radical (unpaired) electrons. The Morgan fingerprint density at radius 3 is 2.75 bits per heavy atom. The second kappa shape index (κ2) is 6.15. The number of benzene rings is 2. The zero-order chi connectivity index (χ0) is 14.7. The van der Waals surface area contributed by atoms with E-state index in [4.69, 9.17) is 22.1 Å². The number of methoxy groups -OCH3 is 1. The first-order valence-corrected chi connectivity index (χ1v) is 6.88. The van der Waals surface area contributed by atoms with Gasteiger partial charge in [-0.05, 0) is 46.3 Å². The van der Waals surface area contributed by atoms with E-state index in [1.54, 1.807) is 37.4 Å². The molecule has 0 bridgehead atoms. The maximum atomic E-state index is 12.2. The van der Waals surface area contributed by atoms with Gasteiger partial charge in [0.1, 0.15) is 5.75 Å². The predicted octanol–water partition coefficient (Wildman–Crippen LogP) is 3.95. The number of amides is 1. The van der Waals surface area contributed by atoms with Gasteiger partial charge in [0.15, 0.2) is 0 Å². The van der Waals surface area contributed by atoms with Crippen molar-refractivity contribution in [3.63, 3.8) is 0 Å². The number of nitrogens with two attached hydrogens (primary N) is 1. The fourth-order valence-electron chi connectivity index (χ4n) is 1.63. The van der Waals surface area contributed by atoms with E-state index in [-0.39, 0.29) is 5.91 Å². The van der Waals surface area contributed by atoms with Crippen molar-refractivity contribution in [1.82, 2.24) is 0 Å². The van der Waals surface area contributed by atoms with E-state index >= 15 is 0 Å². The Bertz CT molecular complexity index is 662. The summed E-state index contributed by atoms with van der Waals surface area (Å²) in [4.78, 5) is 12.2. The molecule has 2 aromatic carbocycles. The molecule has 2 aromatic rings. The summed E-state index contributed by atoms with van der Waals surface area (Å²) in [5.41, 5.74) is 7.05. The lowest BCUT2D eigenvalue weighted by molar-refractivity contribution is 0.102. The second-order valence-corrected chi connectivity index (χ2v) is 5.30. The minimum Gasteiger partial charge on any atom is -0.497 e. The molecule has 0 aromatic heterocycles. The van der Waals surface area contributed by atoms with E-state index in [1.165, 1.54) is 6.07 Å². The van der Waals surface area contributed by atoms with Crippen molar-refractivity contribution in [2.45, 2.75) is 0 Å². The van der Waals surface area contributed by atoms with Gasteiger partial charge in [-0.15, -0.1) is 0 Å². The Labute approximate surface area is 130 Å². The van der Waals surface area contributed by atoms with Crippen LogP contribution in [-0.2, 0) is 0 Å². The quantitative estimate of drug-likeness (QED) is 0.820. The van der Waals surface area contributed by atoms with Gasteiger partial charge < -0.3 is 15.8 Å². The van der Waals surface area contributed by atoms with Crippen LogP contribution in [0.15, 0.2) is 40.9 Å². The molecule has 0 fully saturated rings. The van der Waals surface area contributed by atoms with Crippen molar-refractivity contribution in [3.05, 3.63) is 51.5 Å². The molecule has 0 atom stereocenters. The minimum absolute atomic E-state index is 0.321. The van der Waals surface area contributed by atoms with Gasteiger partial charge in [0, 0.05) is 16.2 Å². The fraction of sp³-hybridized carbons (Fsp3) is 0.0714. The number of nitrogen functional groups attached to an aromatic ring is 1. The third-order valence-corrected chi connectivity index (χ3v) is 3.68. The number of nitrogens with one attached hydrogen (secondary N) is 1. The summed E-state index contributed by atoms with van der Waals surface area (Å²) >= 11 is 9.37. The van der Waals surface area contributed by atoms with E-state index in [2.05, 4.69) is 21.2 Å². The van der Waals surface area contributed by atoms with E-state index in [1.807, 2.05) is 0 Å². The Hall–Kier alpha value is -1.72. The molecule has 0 saturated heterocycles. The van der Waals surface area contributed by atoms with Gasteiger partial charge in [-0.1, -0.05) is 11.6 Å². The Morgan fingerprint density at radius 1 is 1.30 bits per heavy atom. The summed E-state index contributed by atoms with van der Waals surface area (Å²) < 4.78 is 5.86. The SMILES string of the molecule is COc1ccc(Br)c(NC(=O)c2cc(N)ccc2Cl)c1. The monoisotopic (exact) mass is 354 g/mol. The molecule has 0 saturated carbocycles. The van der Waals surface area contributed by atoms with Crippen molar-refractivity contribution in [2.24, 2.45) is 0 Å². The third kappa shape index (κ3) is 3.23. The van der Waals surface area contributed by atoms with Gasteiger partial charge >= 0.3 is 0 Å². The lowest BCUT2D eigenvalue weighted by Crippen LogP contribution is -2.13. The number of hydrogen-bond acceptors (Lipinski definition) is 3. The van der Waals surface area contributed by atoms with Crippen LogP contribution in [0.25, 0.3) is 0 Å². The second-order valence-electron chi connectivity index (χ2n) is 4.04.